The first-order valence-electron chi connectivity index (χ1n) is 5.54. The van der Waals surface area contributed by atoms with Crippen molar-refractivity contribution < 1.29 is 0 Å². The molecule has 1 saturated carbocycles. The highest BCUT2D eigenvalue weighted by Gasteiger charge is 2.18. The summed E-state index contributed by atoms with van der Waals surface area (Å²) < 4.78 is 0. The van der Waals surface area contributed by atoms with Gasteiger partial charge >= 0.3 is 0 Å². The van der Waals surface area contributed by atoms with Gasteiger partial charge in [0.05, 0.1) is 0 Å². The van der Waals surface area contributed by atoms with E-state index in [0.717, 1.165) is 11.3 Å². The second-order valence-electron chi connectivity index (χ2n) is 5.23. The van der Waals surface area contributed by atoms with Crippen LogP contribution in [0.5, 0.6) is 0 Å². The van der Waals surface area contributed by atoms with Crippen molar-refractivity contribution in [2.24, 2.45) is 5.92 Å². The Kier molecular flexibility index (Phi) is 2.52. The van der Waals surface area contributed by atoms with Crippen molar-refractivity contribution in [3.8, 4) is 11.8 Å². The summed E-state index contributed by atoms with van der Waals surface area (Å²) in [6.45, 7) is 6.51. The molecule has 1 aliphatic rings. The zero-order valence-electron chi connectivity index (χ0n) is 9.67. The van der Waals surface area contributed by atoms with E-state index in [4.69, 9.17) is 0 Å². The molecule has 0 spiro atoms. The van der Waals surface area contributed by atoms with Crippen LogP contribution in [0.3, 0.4) is 0 Å². The maximum absolute atomic E-state index is 4.45. The number of hydrogen-bond acceptors (Lipinski definition) is 1. The maximum Gasteiger partial charge on any atom is 0.0457 e. The van der Waals surface area contributed by atoms with Crippen LogP contribution in [0, 0.1) is 17.8 Å². The highest BCUT2D eigenvalue weighted by Crippen LogP contribution is 2.27. The number of rotatable bonds is 0. The van der Waals surface area contributed by atoms with Crippen molar-refractivity contribution in [2.75, 3.05) is 0 Å². The lowest BCUT2D eigenvalue weighted by molar-refractivity contribution is 0.569. The molecular weight excluding hydrogens is 182 g/mol. The monoisotopic (exact) mass is 199 g/mol. The Morgan fingerprint density at radius 1 is 1.27 bits per heavy atom. The molecule has 1 nitrogen and oxygen atoms in total. The first kappa shape index (κ1) is 10.2. The largest absolute Gasteiger partial charge is 0.259 e. The van der Waals surface area contributed by atoms with Gasteiger partial charge in [0.1, 0.15) is 0 Å². The topological polar surface area (TPSA) is 12.9 Å². The molecule has 0 amide bonds. The summed E-state index contributed by atoms with van der Waals surface area (Å²) in [5, 5.41) is 0. The fourth-order valence-corrected chi connectivity index (χ4v) is 1.32. The van der Waals surface area contributed by atoms with Crippen LogP contribution in [0.15, 0.2) is 18.3 Å². The molecule has 0 aliphatic heterocycles. The van der Waals surface area contributed by atoms with Crippen LogP contribution in [0.1, 0.15) is 44.9 Å². The summed E-state index contributed by atoms with van der Waals surface area (Å²) in [4.78, 5) is 4.45. The van der Waals surface area contributed by atoms with Crippen LogP contribution < -0.4 is 0 Å². The van der Waals surface area contributed by atoms with E-state index in [1.54, 1.807) is 0 Å². The quantitative estimate of drug-likeness (QED) is 0.585. The lowest BCUT2D eigenvalue weighted by atomic mass is 9.91. The van der Waals surface area contributed by atoms with Crippen molar-refractivity contribution in [3.63, 3.8) is 0 Å². The predicted molar refractivity (Wildman–Crippen MR) is 62.5 cm³/mol. The van der Waals surface area contributed by atoms with Gasteiger partial charge in [-0.05, 0) is 25.0 Å². The molecule has 0 aromatic carbocycles. The highest BCUT2D eigenvalue weighted by atomic mass is 14.7. The normalized spacial score (nSPS) is 15.7. The zero-order chi connectivity index (χ0) is 10.9. The summed E-state index contributed by atoms with van der Waals surface area (Å²) in [6.07, 6.45) is 4.44. The first-order chi connectivity index (χ1) is 7.05. The fraction of sp³-hybridized carbons (Fsp3) is 0.500. The lowest BCUT2D eigenvalue weighted by Crippen LogP contribution is -2.12. The molecule has 0 N–H and O–H groups in total. The molecule has 0 radical (unpaired) electrons. The van der Waals surface area contributed by atoms with Gasteiger partial charge in [0, 0.05) is 28.8 Å². The smallest absolute Gasteiger partial charge is 0.0457 e. The van der Waals surface area contributed by atoms with Crippen LogP contribution in [0.4, 0.5) is 0 Å². The second-order valence-corrected chi connectivity index (χ2v) is 5.23. The van der Waals surface area contributed by atoms with Crippen molar-refractivity contribution in [1.29, 1.82) is 0 Å². The molecular formula is C14H17N. The minimum atomic E-state index is 0.127. The van der Waals surface area contributed by atoms with E-state index in [9.17, 15) is 0 Å². The average Bonchev–Trinajstić information content (AvgIpc) is 2.97. The van der Waals surface area contributed by atoms with Crippen LogP contribution in [0.2, 0.25) is 0 Å². The first-order valence-corrected chi connectivity index (χ1v) is 5.54. The van der Waals surface area contributed by atoms with Gasteiger partial charge in [0.25, 0.3) is 0 Å². The Labute approximate surface area is 91.9 Å². The number of nitrogens with zero attached hydrogens (tertiary/aromatic N) is 1. The molecule has 1 fully saturated rings. The van der Waals surface area contributed by atoms with E-state index in [0.29, 0.717) is 5.92 Å². The molecule has 78 valence electrons. The van der Waals surface area contributed by atoms with Crippen LogP contribution in [-0.4, -0.2) is 4.98 Å². The average molecular weight is 199 g/mol. The lowest BCUT2D eigenvalue weighted by Gasteiger charge is -2.16. The third kappa shape index (κ3) is 2.83. The van der Waals surface area contributed by atoms with E-state index >= 15 is 0 Å². The molecule has 1 aliphatic carbocycles. The Morgan fingerprint density at radius 2 is 2.00 bits per heavy atom. The molecule has 1 aromatic rings. The van der Waals surface area contributed by atoms with Crippen LogP contribution in [0.25, 0.3) is 0 Å². The standard InChI is InChI=1S/C14H17N/c1-14(2,3)13-9-8-12(10-15-13)7-6-11-4-5-11/h8-11H,4-5H2,1-3H3. The van der Waals surface area contributed by atoms with Crippen molar-refractivity contribution in [2.45, 2.75) is 39.0 Å². The molecule has 0 saturated heterocycles. The van der Waals surface area contributed by atoms with Gasteiger partial charge in [-0.1, -0.05) is 32.6 Å². The number of hydrogen-bond donors (Lipinski definition) is 0. The van der Waals surface area contributed by atoms with Crippen molar-refractivity contribution in [1.82, 2.24) is 4.98 Å². The van der Waals surface area contributed by atoms with Gasteiger partial charge in [-0.25, -0.2) is 0 Å². The van der Waals surface area contributed by atoms with Gasteiger partial charge in [-0.2, -0.15) is 0 Å². The summed E-state index contributed by atoms with van der Waals surface area (Å²) in [5.74, 6) is 7.07. The van der Waals surface area contributed by atoms with Gasteiger partial charge in [0.2, 0.25) is 0 Å². The minimum Gasteiger partial charge on any atom is -0.259 e. The van der Waals surface area contributed by atoms with Gasteiger partial charge in [0.15, 0.2) is 0 Å². The summed E-state index contributed by atoms with van der Waals surface area (Å²) in [6, 6.07) is 4.15. The summed E-state index contributed by atoms with van der Waals surface area (Å²) in [7, 11) is 0. The SMILES string of the molecule is CC(C)(C)c1ccc(C#CC2CC2)cn1. The van der Waals surface area contributed by atoms with Gasteiger partial charge in [-0.3, -0.25) is 4.98 Å². The van der Waals surface area contributed by atoms with E-state index in [-0.39, 0.29) is 5.41 Å². The number of aromatic nitrogens is 1. The fourth-order valence-electron chi connectivity index (χ4n) is 1.32. The third-order valence-electron chi connectivity index (χ3n) is 2.53. The summed E-state index contributed by atoms with van der Waals surface area (Å²) >= 11 is 0. The molecule has 1 aromatic heterocycles. The zero-order valence-corrected chi connectivity index (χ0v) is 9.67. The number of pyridine rings is 1. The van der Waals surface area contributed by atoms with Gasteiger partial charge < -0.3 is 0 Å². The molecule has 1 heteroatoms. The maximum atomic E-state index is 4.45. The summed E-state index contributed by atoms with van der Waals surface area (Å²) in [5.41, 5.74) is 2.29. The Balaban J connectivity index is 2.14. The van der Waals surface area contributed by atoms with E-state index < -0.39 is 0 Å². The van der Waals surface area contributed by atoms with E-state index in [2.05, 4.69) is 49.7 Å². The Bertz CT molecular complexity index is 394. The molecule has 0 bridgehead atoms. The van der Waals surface area contributed by atoms with Crippen LogP contribution in [-0.2, 0) is 5.41 Å². The molecule has 1 heterocycles. The molecule has 15 heavy (non-hydrogen) atoms. The molecule has 2 rings (SSSR count). The second kappa shape index (κ2) is 3.70. The molecule has 0 unspecified atom stereocenters. The Hall–Kier alpha value is -1.29. The minimum absolute atomic E-state index is 0.127. The van der Waals surface area contributed by atoms with Crippen molar-refractivity contribution in [3.05, 3.63) is 29.6 Å². The molecule has 0 atom stereocenters. The Morgan fingerprint density at radius 3 is 2.47 bits per heavy atom. The van der Waals surface area contributed by atoms with Crippen molar-refractivity contribution >= 4 is 0 Å². The predicted octanol–water partition coefficient (Wildman–Crippen LogP) is 3.14. The van der Waals surface area contributed by atoms with E-state index in [1.165, 1.54) is 12.8 Å². The van der Waals surface area contributed by atoms with Gasteiger partial charge in [-0.15, -0.1) is 0 Å². The highest BCUT2D eigenvalue weighted by molar-refractivity contribution is 5.34. The third-order valence-corrected chi connectivity index (χ3v) is 2.53. The van der Waals surface area contributed by atoms with E-state index in [1.807, 2.05) is 6.20 Å². The van der Waals surface area contributed by atoms with Crippen LogP contribution >= 0.6 is 0 Å².